The molecule has 1 aliphatic heterocycles. The molecule has 0 bridgehead atoms. The normalized spacial score (nSPS) is 17.5. The largest absolute Gasteiger partial charge is 0.461 e. The summed E-state index contributed by atoms with van der Waals surface area (Å²) in [6.07, 6.45) is 17.1. The molecule has 0 amide bonds. The van der Waals surface area contributed by atoms with E-state index in [1.54, 1.807) is 25.1 Å². The number of carbonyl (C=O) groups is 2. The Kier molecular flexibility index (Phi) is 14.3. The first-order valence-electron chi connectivity index (χ1n) is 16.7. The van der Waals surface area contributed by atoms with Crippen molar-refractivity contribution in [3.05, 3.63) is 94.1 Å². The molecule has 2 aromatic rings. The number of aliphatic hydroxyl groups excluding tert-OH is 1. The summed E-state index contributed by atoms with van der Waals surface area (Å²) in [4.78, 5) is 25.5. The van der Waals surface area contributed by atoms with Crippen LogP contribution in [0.5, 0.6) is 5.75 Å². The smallest absolute Gasteiger partial charge is 0.217 e. The molecule has 0 spiro atoms. The number of aliphatic hydroxyl groups is 1. The Morgan fingerprint density at radius 3 is 2.05 bits per heavy atom. The SMILES string of the molecule is CC1=C(C/C=C(\C)CCC[C@H](C)CCC[C@H](C)CCCC(C)C)C(=O)c2ccccc2C1=O.OC1C=Cc2ccccc2O1. The zero-order chi connectivity index (χ0) is 32.1. The molecule has 2 aliphatic rings. The number of benzene rings is 2. The molecular weight excluding hydrogens is 544 g/mol. The van der Waals surface area contributed by atoms with E-state index in [1.807, 2.05) is 42.5 Å². The zero-order valence-corrected chi connectivity index (χ0v) is 27.9. The zero-order valence-electron chi connectivity index (χ0n) is 27.9. The predicted octanol–water partition coefficient (Wildman–Crippen LogP) is 10.6. The molecule has 1 aliphatic carbocycles. The second-order valence-electron chi connectivity index (χ2n) is 13.3. The summed E-state index contributed by atoms with van der Waals surface area (Å²) in [6.45, 7) is 13.4. The monoisotopic (exact) mass is 598 g/mol. The Morgan fingerprint density at radius 2 is 1.39 bits per heavy atom. The summed E-state index contributed by atoms with van der Waals surface area (Å²) in [5.74, 6) is 3.22. The Labute approximate surface area is 266 Å². The minimum Gasteiger partial charge on any atom is -0.461 e. The van der Waals surface area contributed by atoms with Crippen molar-refractivity contribution in [3.8, 4) is 5.75 Å². The Morgan fingerprint density at radius 1 is 0.818 bits per heavy atom. The highest BCUT2D eigenvalue weighted by Gasteiger charge is 2.28. The van der Waals surface area contributed by atoms with Crippen LogP contribution in [0.4, 0.5) is 0 Å². The van der Waals surface area contributed by atoms with Crippen molar-refractivity contribution < 1.29 is 19.4 Å². The van der Waals surface area contributed by atoms with Crippen molar-refractivity contribution >= 4 is 17.6 Å². The van der Waals surface area contributed by atoms with Gasteiger partial charge in [-0.1, -0.05) is 127 Å². The maximum atomic E-state index is 12.9. The van der Waals surface area contributed by atoms with Crippen LogP contribution in [-0.4, -0.2) is 23.0 Å². The Balaban J connectivity index is 0.000000397. The van der Waals surface area contributed by atoms with Crippen LogP contribution in [-0.2, 0) is 0 Å². The fourth-order valence-corrected chi connectivity index (χ4v) is 5.96. The third-order valence-corrected chi connectivity index (χ3v) is 8.89. The van der Waals surface area contributed by atoms with Crippen molar-refractivity contribution in [3.63, 3.8) is 0 Å². The van der Waals surface area contributed by atoms with Gasteiger partial charge in [0.25, 0.3) is 0 Å². The van der Waals surface area contributed by atoms with E-state index in [2.05, 4.69) is 40.7 Å². The molecule has 238 valence electrons. The summed E-state index contributed by atoms with van der Waals surface area (Å²) in [5, 5.41) is 9.05. The molecule has 1 heterocycles. The fraction of sp³-hybridized carbons (Fsp3) is 0.500. The summed E-state index contributed by atoms with van der Waals surface area (Å²) in [6, 6.07) is 14.8. The lowest BCUT2D eigenvalue weighted by molar-refractivity contribution is 0.0231. The molecule has 4 nitrogen and oxygen atoms in total. The van der Waals surface area contributed by atoms with Gasteiger partial charge in [0, 0.05) is 27.8 Å². The Hall–Kier alpha value is -3.24. The molecule has 1 N–H and O–H groups in total. The molecule has 0 aromatic heterocycles. The van der Waals surface area contributed by atoms with Crippen LogP contribution >= 0.6 is 0 Å². The van der Waals surface area contributed by atoms with E-state index < -0.39 is 6.29 Å². The molecule has 0 fully saturated rings. The number of rotatable bonds is 14. The van der Waals surface area contributed by atoms with Gasteiger partial charge in [0.15, 0.2) is 11.6 Å². The lowest BCUT2D eigenvalue weighted by atomic mass is 9.83. The molecule has 4 rings (SSSR count). The summed E-state index contributed by atoms with van der Waals surface area (Å²) < 4.78 is 5.10. The van der Waals surface area contributed by atoms with E-state index in [1.165, 1.54) is 56.9 Å². The van der Waals surface area contributed by atoms with Crippen LogP contribution in [0, 0.1) is 17.8 Å². The van der Waals surface area contributed by atoms with Crippen molar-refractivity contribution in [1.82, 2.24) is 0 Å². The van der Waals surface area contributed by atoms with E-state index in [9.17, 15) is 9.59 Å². The first kappa shape index (κ1) is 35.2. The molecule has 2 aromatic carbocycles. The predicted molar refractivity (Wildman–Crippen MR) is 183 cm³/mol. The molecule has 0 saturated heterocycles. The van der Waals surface area contributed by atoms with E-state index in [0.717, 1.165) is 35.5 Å². The minimum atomic E-state index is -0.787. The average molecular weight is 599 g/mol. The topological polar surface area (TPSA) is 63.6 Å². The standard InChI is InChI=1S/C31H46O2.C9H8O2/c1-22(2)12-9-13-23(3)14-10-15-24(4)16-11-17-25(5)20-21-27-26(6)30(32)28-18-7-8-19-29(28)31(27)33;10-9-6-5-7-3-1-2-4-8(7)11-9/h7-8,18-20,22-24H,9-17,21H2,1-6H3;1-6,9-10H/b25-20+;/t23-,24-;/m1./s1. The lowest BCUT2D eigenvalue weighted by Crippen LogP contribution is -2.20. The molecule has 0 radical (unpaired) electrons. The average Bonchev–Trinajstić information content (AvgIpc) is 3.00. The van der Waals surface area contributed by atoms with Gasteiger partial charge in [0.2, 0.25) is 6.29 Å². The third kappa shape index (κ3) is 11.0. The third-order valence-electron chi connectivity index (χ3n) is 8.89. The Bertz CT molecular complexity index is 1330. The van der Waals surface area contributed by atoms with Crippen LogP contribution < -0.4 is 4.74 Å². The van der Waals surface area contributed by atoms with Crippen molar-refractivity contribution in [2.45, 2.75) is 112 Å². The summed E-state index contributed by atoms with van der Waals surface area (Å²) >= 11 is 0. The number of carbonyl (C=O) groups excluding carboxylic acids is 2. The minimum absolute atomic E-state index is 0.00526. The highest BCUT2D eigenvalue weighted by Crippen LogP contribution is 2.29. The fourth-order valence-electron chi connectivity index (χ4n) is 5.96. The molecular formula is C40H54O4. The highest BCUT2D eigenvalue weighted by atomic mass is 16.6. The van der Waals surface area contributed by atoms with Gasteiger partial charge in [0.05, 0.1) is 0 Å². The number of ketones is 2. The van der Waals surface area contributed by atoms with Crippen LogP contribution in [0.15, 0.2) is 77.4 Å². The van der Waals surface area contributed by atoms with Gasteiger partial charge in [-0.3, -0.25) is 9.59 Å². The highest BCUT2D eigenvalue weighted by molar-refractivity contribution is 6.26. The maximum absolute atomic E-state index is 12.9. The van der Waals surface area contributed by atoms with Gasteiger partial charge in [-0.2, -0.15) is 0 Å². The first-order chi connectivity index (χ1) is 21.1. The maximum Gasteiger partial charge on any atom is 0.217 e. The second kappa shape index (κ2) is 17.9. The van der Waals surface area contributed by atoms with Gasteiger partial charge >= 0.3 is 0 Å². The first-order valence-corrected chi connectivity index (χ1v) is 16.7. The van der Waals surface area contributed by atoms with Gasteiger partial charge < -0.3 is 9.84 Å². The number of allylic oxidation sites excluding steroid dienone is 4. The number of hydrogen-bond acceptors (Lipinski definition) is 4. The number of para-hydroxylation sites is 1. The van der Waals surface area contributed by atoms with Gasteiger partial charge in [0.1, 0.15) is 5.75 Å². The van der Waals surface area contributed by atoms with Crippen LogP contribution in [0.3, 0.4) is 0 Å². The van der Waals surface area contributed by atoms with E-state index in [4.69, 9.17) is 9.84 Å². The summed E-state index contributed by atoms with van der Waals surface area (Å²) in [5.41, 5.74) is 4.70. The lowest BCUT2D eigenvalue weighted by Gasteiger charge is -2.18. The molecule has 3 atom stereocenters. The van der Waals surface area contributed by atoms with Crippen LogP contribution in [0.1, 0.15) is 132 Å². The van der Waals surface area contributed by atoms with Gasteiger partial charge in [-0.05, 0) is 69.1 Å². The van der Waals surface area contributed by atoms with Gasteiger partial charge in [-0.15, -0.1) is 0 Å². The van der Waals surface area contributed by atoms with Gasteiger partial charge in [-0.25, -0.2) is 0 Å². The van der Waals surface area contributed by atoms with E-state index in [0.29, 0.717) is 28.7 Å². The number of ether oxygens (including phenoxy) is 1. The van der Waals surface area contributed by atoms with Crippen LogP contribution in [0.2, 0.25) is 0 Å². The second-order valence-corrected chi connectivity index (χ2v) is 13.3. The number of fused-ring (bicyclic) bond motifs is 2. The number of hydrogen-bond donors (Lipinski definition) is 1. The number of Topliss-reactive ketones (excluding diaryl/α,β-unsaturated/α-hetero) is 2. The summed E-state index contributed by atoms with van der Waals surface area (Å²) in [7, 11) is 0. The van der Waals surface area contributed by atoms with E-state index in [-0.39, 0.29) is 11.6 Å². The quantitative estimate of drug-likeness (QED) is 0.220. The van der Waals surface area contributed by atoms with Crippen LogP contribution in [0.25, 0.3) is 6.08 Å². The van der Waals surface area contributed by atoms with Crippen molar-refractivity contribution in [2.24, 2.45) is 17.8 Å². The van der Waals surface area contributed by atoms with E-state index >= 15 is 0 Å². The van der Waals surface area contributed by atoms with Crippen molar-refractivity contribution in [1.29, 1.82) is 0 Å². The molecule has 1 unspecified atom stereocenters. The molecule has 0 saturated carbocycles. The molecule has 44 heavy (non-hydrogen) atoms. The molecule has 4 heteroatoms. The van der Waals surface area contributed by atoms with Crippen molar-refractivity contribution in [2.75, 3.05) is 0 Å².